The third kappa shape index (κ3) is 3.17. The van der Waals surface area contributed by atoms with E-state index in [9.17, 15) is 4.79 Å². The van der Waals surface area contributed by atoms with Crippen molar-refractivity contribution in [3.8, 4) is 11.5 Å². The van der Waals surface area contributed by atoms with Crippen LogP contribution in [0.2, 0.25) is 5.02 Å². The lowest BCUT2D eigenvalue weighted by Crippen LogP contribution is -2.35. The third-order valence-corrected chi connectivity index (χ3v) is 3.56. The molecule has 1 aromatic heterocycles. The van der Waals surface area contributed by atoms with Crippen LogP contribution < -0.4 is 14.8 Å². The molecular weight excluding hydrogens is 306 g/mol. The number of amides is 1. The van der Waals surface area contributed by atoms with Crippen LogP contribution in [0.4, 0.5) is 0 Å². The maximum absolute atomic E-state index is 12.3. The quantitative estimate of drug-likeness (QED) is 0.937. The van der Waals surface area contributed by atoms with Gasteiger partial charge in [0.05, 0.1) is 11.3 Å². The molecule has 116 valence electrons. The van der Waals surface area contributed by atoms with E-state index in [1.165, 1.54) is 0 Å². The second kappa shape index (κ2) is 6.27. The van der Waals surface area contributed by atoms with Crippen molar-refractivity contribution in [3.05, 3.63) is 41.4 Å². The predicted molar refractivity (Wildman–Crippen MR) is 81.6 cm³/mol. The Hall–Kier alpha value is -2.21. The number of benzene rings is 1. The van der Waals surface area contributed by atoms with Gasteiger partial charge >= 0.3 is 0 Å². The number of imidazole rings is 1. The summed E-state index contributed by atoms with van der Waals surface area (Å²) in [7, 11) is 0. The topological polar surface area (TPSA) is 65.4 Å². The van der Waals surface area contributed by atoms with Gasteiger partial charge in [-0.2, -0.15) is 0 Å². The number of hydrogen-bond donors (Lipinski definition) is 1. The molecule has 0 saturated heterocycles. The average Bonchev–Trinajstić information content (AvgIpc) is 3.00. The molecule has 2 heterocycles. The van der Waals surface area contributed by atoms with Crippen molar-refractivity contribution >= 4 is 17.5 Å². The minimum Gasteiger partial charge on any atom is -0.486 e. The van der Waals surface area contributed by atoms with Crippen molar-refractivity contribution in [2.75, 3.05) is 13.2 Å². The van der Waals surface area contributed by atoms with Crippen LogP contribution in [0.15, 0.2) is 30.9 Å². The number of nitrogens with one attached hydrogen (secondary N) is 1. The fourth-order valence-electron chi connectivity index (χ4n) is 2.31. The van der Waals surface area contributed by atoms with Gasteiger partial charge in [-0.25, -0.2) is 4.98 Å². The van der Waals surface area contributed by atoms with Gasteiger partial charge < -0.3 is 19.4 Å². The molecule has 0 spiro atoms. The maximum Gasteiger partial charge on any atom is 0.251 e. The molecule has 0 unspecified atom stereocenters. The van der Waals surface area contributed by atoms with Gasteiger partial charge in [0.15, 0.2) is 11.5 Å². The largest absolute Gasteiger partial charge is 0.486 e. The standard InChI is InChI=1S/C15H16ClN3O3/c1-10(8-19-3-2-17-9-19)18-15(20)11-6-12(16)14-13(7-11)21-4-5-22-14/h2-3,6-7,9-10H,4-5,8H2,1H3,(H,18,20)/t10-/m0/s1. The zero-order valence-corrected chi connectivity index (χ0v) is 12.8. The number of hydrogen-bond acceptors (Lipinski definition) is 4. The highest BCUT2D eigenvalue weighted by atomic mass is 35.5. The lowest BCUT2D eigenvalue weighted by atomic mass is 10.1. The van der Waals surface area contributed by atoms with E-state index in [0.717, 1.165) is 0 Å². The van der Waals surface area contributed by atoms with E-state index in [1.807, 2.05) is 17.7 Å². The second-order valence-electron chi connectivity index (χ2n) is 5.12. The van der Waals surface area contributed by atoms with Gasteiger partial charge in [-0.1, -0.05) is 11.6 Å². The number of fused-ring (bicyclic) bond motifs is 1. The molecule has 6 nitrogen and oxygen atoms in total. The van der Waals surface area contributed by atoms with Crippen LogP contribution >= 0.6 is 11.6 Å². The lowest BCUT2D eigenvalue weighted by Gasteiger charge is -2.20. The summed E-state index contributed by atoms with van der Waals surface area (Å²) < 4.78 is 12.8. The minimum absolute atomic E-state index is 0.0475. The molecule has 0 radical (unpaired) electrons. The number of ether oxygens (including phenoxy) is 2. The average molecular weight is 322 g/mol. The van der Waals surface area contributed by atoms with Gasteiger partial charge in [0, 0.05) is 30.5 Å². The zero-order valence-electron chi connectivity index (χ0n) is 12.1. The predicted octanol–water partition coefficient (Wildman–Crippen LogP) is 2.13. The summed E-state index contributed by atoms with van der Waals surface area (Å²) in [6, 6.07) is 3.20. The van der Waals surface area contributed by atoms with E-state index in [2.05, 4.69) is 10.3 Å². The Kier molecular flexibility index (Phi) is 4.20. The molecule has 1 N–H and O–H groups in total. The van der Waals surface area contributed by atoms with Crippen molar-refractivity contribution in [2.24, 2.45) is 0 Å². The summed E-state index contributed by atoms with van der Waals surface area (Å²) >= 11 is 6.15. The number of nitrogens with zero attached hydrogens (tertiary/aromatic N) is 2. The van der Waals surface area contributed by atoms with Crippen LogP contribution in [0.25, 0.3) is 0 Å². The van der Waals surface area contributed by atoms with Crippen molar-refractivity contribution in [1.29, 1.82) is 0 Å². The Balaban J connectivity index is 1.70. The van der Waals surface area contributed by atoms with Crippen LogP contribution in [0.1, 0.15) is 17.3 Å². The van der Waals surface area contributed by atoms with Crippen molar-refractivity contribution < 1.29 is 14.3 Å². The number of halogens is 1. The van der Waals surface area contributed by atoms with E-state index in [1.54, 1.807) is 24.7 Å². The first kappa shape index (κ1) is 14.7. The van der Waals surface area contributed by atoms with E-state index in [-0.39, 0.29) is 11.9 Å². The number of aromatic nitrogens is 2. The fourth-order valence-corrected chi connectivity index (χ4v) is 2.57. The van der Waals surface area contributed by atoms with Crippen LogP contribution in [0.3, 0.4) is 0 Å². The highest BCUT2D eigenvalue weighted by Gasteiger charge is 2.20. The Morgan fingerprint density at radius 2 is 2.27 bits per heavy atom. The molecule has 0 bridgehead atoms. The van der Waals surface area contributed by atoms with E-state index in [0.29, 0.717) is 41.8 Å². The number of carbonyl (C=O) groups is 1. The van der Waals surface area contributed by atoms with Gasteiger partial charge in [0.25, 0.3) is 5.91 Å². The normalized spacial score (nSPS) is 14.5. The Morgan fingerprint density at radius 1 is 1.45 bits per heavy atom. The van der Waals surface area contributed by atoms with E-state index in [4.69, 9.17) is 21.1 Å². The molecule has 1 aliphatic rings. The first-order valence-electron chi connectivity index (χ1n) is 6.99. The molecule has 22 heavy (non-hydrogen) atoms. The van der Waals surface area contributed by atoms with Crippen LogP contribution in [0, 0.1) is 0 Å². The molecule has 1 atom stereocenters. The minimum atomic E-state index is -0.202. The van der Waals surface area contributed by atoms with Gasteiger partial charge in [0.1, 0.15) is 13.2 Å². The second-order valence-corrected chi connectivity index (χ2v) is 5.52. The highest BCUT2D eigenvalue weighted by Crippen LogP contribution is 2.38. The van der Waals surface area contributed by atoms with Crippen LogP contribution in [-0.4, -0.2) is 34.7 Å². The van der Waals surface area contributed by atoms with Crippen molar-refractivity contribution in [2.45, 2.75) is 19.5 Å². The van der Waals surface area contributed by atoms with E-state index < -0.39 is 0 Å². The van der Waals surface area contributed by atoms with Gasteiger partial charge in [-0.3, -0.25) is 4.79 Å². The van der Waals surface area contributed by atoms with Gasteiger partial charge in [0.2, 0.25) is 0 Å². The molecule has 0 aliphatic carbocycles. The summed E-state index contributed by atoms with van der Waals surface area (Å²) in [5.41, 5.74) is 0.451. The van der Waals surface area contributed by atoms with Crippen LogP contribution in [0.5, 0.6) is 11.5 Å². The maximum atomic E-state index is 12.3. The Morgan fingerprint density at radius 3 is 3.05 bits per heavy atom. The third-order valence-electron chi connectivity index (χ3n) is 3.28. The molecule has 0 saturated carbocycles. The summed E-state index contributed by atoms with van der Waals surface area (Å²) in [4.78, 5) is 16.3. The molecule has 3 rings (SSSR count). The van der Waals surface area contributed by atoms with Gasteiger partial charge in [-0.05, 0) is 19.1 Å². The lowest BCUT2D eigenvalue weighted by molar-refractivity contribution is 0.0935. The molecular formula is C15H16ClN3O3. The zero-order chi connectivity index (χ0) is 15.5. The molecule has 1 amide bonds. The number of rotatable bonds is 4. The SMILES string of the molecule is C[C@@H](Cn1ccnc1)NC(=O)c1cc(Cl)c2c(c1)OCCO2. The smallest absolute Gasteiger partial charge is 0.251 e. The highest BCUT2D eigenvalue weighted by molar-refractivity contribution is 6.32. The first-order valence-corrected chi connectivity index (χ1v) is 7.37. The number of carbonyl (C=O) groups excluding carboxylic acids is 1. The van der Waals surface area contributed by atoms with Crippen molar-refractivity contribution in [1.82, 2.24) is 14.9 Å². The Bertz CT molecular complexity index is 673. The first-order chi connectivity index (χ1) is 10.6. The fraction of sp³-hybridized carbons (Fsp3) is 0.333. The van der Waals surface area contributed by atoms with E-state index >= 15 is 0 Å². The molecule has 2 aromatic rings. The molecule has 0 fully saturated rings. The van der Waals surface area contributed by atoms with Crippen molar-refractivity contribution in [3.63, 3.8) is 0 Å². The van der Waals surface area contributed by atoms with Crippen LogP contribution in [-0.2, 0) is 6.54 Å². The van der Waals surface area contributed by atoms with Gasteiger partial charge in [-0.15, -0.1) is 0 Å². The molecule has 1 aliphatic heterocycles. The molecule has 7 heteroatoms. The Labute approximate surface area is 133 Å². The summed E-state index contributed by atoms with van der Waals surface area (Å²) in [5, 5.41) is 3.31. The summed E-state index contributed by atoms with van der Waals surface area (Å²) in [6.45, 7) is 3.48. The monoisotopic (exact) mass is 321 g/mol. The molecule has 1 aromatic carbocycles. The summed E-state index contributed by atoms with van der Waals surface area (Å²) in [5.74, 6) is 0.800. The summed E-state index contributed by atoms with van der Waals surface area (Å²) in [6.07, 6.45) is 5.27.